The summed E-state index contributed by atoms with van der Waals surface area (Å²) in [5.41, 5.74) is 0. The highest BCUT2D eigenvalue weighted by atomic mass is 35.5. The molecule has 2 aromatic rings. The third kappa shape index (κ3) is 2.42. The molecule has 112 valence electrons. The number of nitrogens with zero attached hydrogens (tertiary/aromatic N) is 3. The van der Waals surface area contributed by atoms with Gasteiger partial charge < -0.3 is 4.90 Å². The zero-order valence-electron chi connectivity index (χ0n) is 12.3. The molecule has 0 aromatic carbocycles. The summed E-state index contributed by atoms with van der Waals surface area (Å²) in [6.07, 6.45) is 8.13. The molecule has 2 aliphatic rings. The maximum atomic E-state index is 6.18. The number of hydrogen-bond acceptors (Lipinski definition) is 4. The highest BCUT2D eigenvalue weighted by Crippen LogP contribution is 2.40. The Bertz CT molecular complexity index is 663. The molecular formula is C16H20ClN3S. The Morgan fingerprint density at radius 1 is 1.19 bits per heavy atom. The van der Waals surface area contributed by atoms with Crippen molar-refractivity contribution in [3.63, 3.8) is 0 Å². The van der Waals surface area contributed by atoms with Crippen LogP contribution in [0.15, 0.2) is 6.07 Å². The molecule has 1 unspecified atom stereocenters. The van der Waals surface area contributed by atoms with E-state index in [0.29, 0.717) is 11.3 Å². The van der Waals surface area contributed by atoms with Crippen LogP contribution >= 0.6 is 22.9 Å². The molecule has 0 amide bonds. The summed E-state index contributed by atoms with van der Waals surface area (Å²) in [6, 6.07) is 2.87. The van der Waals surface area contributed by atoms with E-state index in [-0.39, 0.29) is 0 Å². The average molecular weight is 322 g/mol. The molecule has 1 saturated heterocycles. The lowest BCUT2D eigenvalue weighted by Gasteiger charge is -2.30. The number of rotatable bonds is 2. The van der Waals surface area contributed by atoms with Crippen molar-refractivity contribution in [3.8, 4) is 0 Å². The number of fused-ring (bicyclic) bond motifs is 1. The van der Waals surface area contributed by atoms with E-state index in [1.165, 1.54) is 48.8 Å². The van der Waals surface area contributed by atoms with Crippen molar-refractivity contribution in [2.45, 2.75) is 51.5 Å². The summed E-state index contributed by atoms with van der Waals surface area (Å²) in [4.78, 5) is 13.8. The topological polar surface area (TPSA) is 29.0 Å². The molecule has 2 aromatic heterocycles. The predicted octanol–water partition coefficient (Wildman–Crippen LogP) is 4.81. The standard InChI is InChI=1S/C16H20ClN3S/c1-10-9-12-14(18-16(17)19-15(12)21-10)20-8-4-7-13(20)11-5-2-3-6-11/h9,11,13H,2-8H2,1H3. The maximum absolute atomic E-state index is 6.18. The Morgan fingerprint density at radius 2 is 2.00 bits per heavy atom. The average Bonchev–Trinajstić information content (AvgIpc) is 3.16. The Balaban J connectivity index is 1.77. The lowest BCUT2D eigenvalue weighted by molar-refractivity contribution is 0.429. The third-order valence-electron chi connectivity index (χ3n) is 4.98. The molecule has 3 heterocycles. The van der Waals surface area contributed by atoms with Crippen LogP contribution in [-0.4, -0.2) is 22.6 Å². The van der Waals surface area contributed by atoms with Crippen molar-refractivity contribution in [2.75, 3.05) is 11.4 Å². The summed E-state index contributed by atoms with van der Waals surface area (Å²) < 4.78 is 0. The van der Waals surface area contributed by atoms with Gasteiger partial charge in [-0.3, -0.25) is 0 Å². The first-order valence-corrected chi connectivity index (χ1v) is 9.12. The minimum atomic E-state index is 0.386. The van der Waals surface area contributed by atoms with Gasteiger partial charge in [-0.25, -0.2) is 4.98 Å². The van der Waals surface area contributed by atoms with E-state index >= 15 is 0 Å². The molecule has 0 radical (unpaired) electrons. The van der Waals surface area contributed by atoms with E-state index in [1.54, 1.807) is 11.3 Å². The van der Waals surface area contributed by atoms with E-state index in [9.17, 15) is 0 Å². The monoisotopic (exact) mass is 321 g/mol. The van der Waals surface area contributed by atoms with E-state index in [1.807, 2.05) is 0 Å². The molecule has 0 bridgehead atoms. The van der Waals surface area contributed by atoms with Crippen LogP contribution in [0.25, 0.3) is 10.2 Å². The fourth-order valence-electron chi connectivity index (χ4n) is 4.11. The SMILES string of the molecule is Cc1cc2c(N3CCCC3C3CCCC3)nc(Cl)nc2s1. The first-order chi connectivity index (χ1) is 10.2. The zero-order chi connectivity index (χ0) is 14.4. The molecule has 1 aliphatic heterocycles. The summed E-state index contributed by atoms with van der Waals surface area (Å²) in [6.45, 7) is 3.24. The Hall–Kier alpha value is -0.870. The summed E-state index contributed by atoms with van der Waals surface area (Å²) in [5, 5.41) is 1.57. The molecule has 1 aliphatic carbocycles. The van der Waals surface area contributed by atoms with Gasteiger partial charge in [0.05, 0.1) is 5.39 Å². The number of anilines is 1. The van der Waals surface area contributed by atoms with Crippen LogP contribution in [0.2, 0.25) is 5.28 Å². The van der Waals surface area contributed by atoms with E-state index in [2.05, 4.69) is 27.9 Å². The molecule has 1 atom stereocenters. The summed E-state index contributed by atoms with van der Waals surface area (Å²) >= 11 is 7.89. The first kappa shape index (κ1) is 13.8. The Labute approximate surface area is 134 Å². The number of aromatic nitrogens is 2. The molecule has 4 rings (SSSR count). The van der Waals surface area contributed by atoms with E-state index in [0.717, 1.165) is 23.1 Å². The van der Waals surface area contributed by atoms with Crippen LogP contribution in [-0.2, 0) is 0 Å². The van der Waals surface area contributed by atoms with Gasteiger partial charge in [0.1, 0.15) is 10.6 Å². The highest BCUT2D eigenvalue weighted by Gasteiger charge is 2.35. The van der Waals surface area contributed by atoms with Gasteiger partial charge in [-0.15, -0.1) is 11.3 Å². The van der Waals surface area contributed by atoms with Crippen molar-refractivity contribution in [2.24, 2.45) is 5.92 Å². The minimum Gasteiger partial charge on any atom is -0.353 e. The highest BCUT2D eigenvalue weighted by molar-refractivity contribution is 7.18. The second kappa shape index (κ2) is 5.40. The van der Waals surface area contributed by atoms with Gasteiger partial charge in [0.15, 0.2) is 0 Å². The van der Waals surface area contributed by atoms with Crippen LogP contribution in [0.3, 0.4) is 0 Å². The molecular weight excluding hydrogens is 302 g/mol. The van der Waals surface area contributed by atoms with Gasteiger partial charge in [0.25, 0.3) is 0 Å². The van der Waals surface area contributed by atoms with Crippen LogP contribution in [0, 0.1) is 12.8 Å². The molecule has 3 nitrogen and oxygen atoms in total. The Kier molecular flexibility index (Phi) is 3.54. The largest absolute Gasteiger partial charge is 0.353 e. The zero-order valence-corrected chi connectivity index (χ0v) is 13.9. The Morgan fingerprint density at radius 3 is 2.81 bits per heavy atom. The van der Waals surface area contributed by atoms with Crippen LogP contribution < -0.4 is 4.90 Å². The normalized spacial score (nSPS) is 23.5. The van der Waals surface area contributed by atoms with Gasteiger partial charge >= 0.3 is 0 Å². The van der Waals surface area contributed by atoms with Crippen LogP contribution in [0.1, 0.15) is 43.4 Å². The maximum Gasteiger partial charge on any atom is 0.225 e. The number of hydrogen-bond donors (Lipinski definition) is 0. The molecule has 0 spiro atoms. The van der Waals surface area contributed by atoms with E-state index < -0.39 is 0 Å². The van der Waals surface area contributed by atoms with Gasteiger partial charge in [-0.05, 0) is 56.2 Å². The van der Waals surface area contributed by atoms with E-state index in [4.69, 9.17) is 11.6 Å². The summed E-state index contributed by atoms with van der Waals surface area (Å²) in [7, 11) is 0. The van der Waals surface area contributed by atoms with Crippen LogP contribution in [0.4, 0.5) is 5.82 Å². The van der Waals surface area contributed by atoms with Crippen molar-refractivity contribution in [1.29, 1.82) is 0 Å². The van der Waals surface area contributed by atoms with Gasteiger partial charge in [-0.2, -0.15) is 4.98 Å². The first-order valence-electron chi connectivity index (χ1n) is 7.93. The lowest BCUT2D eigenvalue weighted by Crippen LogP contribution is -2.35. The molecule has 1 saturated carbocycles. The van der Waals surface area contributed by atoms with Crippen molar-refractivity contribution in [1.82, 2.24) is 9.97 Å². The second-order valence-corrected chi connectivity index (χ2v) is 7.91. The van der Waals surface area contributed by atoms with Gasteiger partial charge in [0.2, 0.25) is 5.28 Å². The van der Waals surface area contributed by atoms with Gasteiger partial charge in [0, 0.05) is 17.5 Å². The number of thiophene rings is 1. The smallest absolute Gasteiger partial charge is 0.225 e. The molecule has 2 fully saturated rings. The van der Waals surface area contributed by atoms with Crippen molar-refractivity contribution in [3.05, 3.63) is 16.2 Å². The summed E-state index contributed by atoms with van der Waals surface area (Å²) in [5.74, 6) is 1.92. The van der Waals surface area contributed by atoms with Gasteiger partial charge in [-0.1, -0.05) is 12.8 Å². The number of aryl methyl sites for hydroxylation is 1. The van der Waals surface area contributed by atoms with Crippen molar-refractivity contribution < 1.29 is 0 Å². The number of halogens is 1. The minimum absolute atomic E-state index is 0.386. The third-order valence-corrected chi connectivity index (χ3v) is 6.10. The fourth-order valence-corrected chi connectivity index (χ4v) is 5.20. The predicted molar refractivity (Wildman–Crippen MR) is 89.5 cm³/mol. The second-order valence-electron chi connectivity index (χ2n) is 6.34. The molecule has 0 N–H and O–H groups in total. The van der Waals surface area contributed by atoms with Crippen molar-refractivity contribution >= 4 is 39.0 Å². The molecule has 5 heteroatoms. The quantitative estimate of drug-likeness (QED) is 0.743. The molecule has 21 heavy (non-hydrogen) atoms. The fraction of sp³-hybridized carbons (Fsp3) is 0.625. The lowest BCUT2D eigenvalue weighted by atomic mass is 9.96. The van der Waals surface area contributed by atoms with Crippen LogP contribution in [0.5, 0.6) is 0 Å².